The van der Waals surface area contributed by atoms with Crippen LogP contribution in [0.15, 0.2) is 60.8 Å². The van der Waals surface area contributed by atoms with Crippen molar-refractivity contribution in [3.05, 3.63) is 60.8 Å². The molecular formula is C77H140O6. The molecule has 1 atom stereocenters. The van der Waals surface area contributed by atoms with E-state index >= 15 is 0 Å². The maximum Gasteiger partial charge on any atom is 0.306 e. The Kier molecular flexibility index (Phi) is 69.1. The third-order valence-corrected chi connectivity index (χ3v) is 16.5. The molecule has 6 heteroatoms. The van der Waals surface area contributed by atoms with Gasteiger partial charge in [0.2, 0.25) is 0 Å². The molecule has 0 saturated heterocycles. The number of rotatable bonds is 68. The summed E-state index contributed by atoms with van der Waals surface area (Å²) in [5.74, 6) is -0.951. The van der Waals surface area contributed by atoms with E-state index < -0.39 is 6.10 Å². The number of ether oxygens (including phenoxy) is 3. The van der Waals surface area contributed by atoms with Crippen LogP contribution in [0.1, 0.15) is 393 Å². The molecule has 83 heavy (non-hydrogen) atoms. The highest BCUT2D eigenvalue weighted by Gasteiger charge is 2.19. The highest BCUT2D eigenvalue weighted by molar-refractivity contribution is 5.71. The fraction of sp³-hybridized carbons (Fsp3) is 0.831. The molecule has 0 N–H and O–H groups in total. The standard InChI is InChI=1S/C77H140O6/c1-4-7-10-13-16-19-22-25-27-29-31-32-33-34-35-36-37-38-39-40-41-42-43-44-46-47-49-52-55-58-61-64-67-70-76(79)82-73-74(72-81-75(78)69-66-63-60-57-54-51-24-21-18-15-12-9-6-3)83-77(80)71-68-65-62-59-56-53-50-48-45-30-28-26-23-20-17-14-11-8-5-2/h9,12,18,21,29,31,51,54,60,63,74H,4-8,10-11,13-17,19-20,22-28,30,32-50,52-53,55-59,61-62,64-73H2,1-3H3/b12-9-,21-18-,31-29-,54-51-,63-60-. The zero-order valence-corrected chi connectivity index (χ0v) is 55.7. The van der Waals surface area contributed by atoms with Gasteiger partial charge in [0.15, 0.2) is 6.10 Å². The van der Waals surface area contributed by atoms with Crippen molar-refractivity contribution in [1.82, 2.24) is 0 Å². The first kappa shape index (κ1) is 80.1. The van der Waals surface area contributed by atoms with E-state index in [1.54, 1.807) is 0 Å². The second kappa shape index (κ2) is 71.6. The molecular weight excluding hydrogens is 1020 g/mol. The van der Waals surface area contributed by atoms with Crippen LogP contribution < -0.4 is 0 Å². The summed E-state index contributed by atoms with van der Waals surface area (Å²) < 4.78 is 16.9. The van der Waals surface area contributed by atoms with Crippen molar-refractivity contribution in [2.75, 3.05) is 13.2 Å². The molecule has 1 unspecified atom stereocenters. The molecule has 0 aromatic rings. The highest BCUT2D eigenvalue weighted by Crippen LogP contribution is 2.19. The zero-order valence-electron chi connectivity index (χ0n) is 55.7. The number of carbonyl (C=O) groups excluding carboxylic acids is 3. The van der Waals surface area contributed by atoms with Crippen LogP contribution in [0.25, 0.3) is 0 Å². The Hall–Kier alpha value is -2.89. The lowest BCUT2D eigenvalue weighted by Gasteiger charge is -2.18. The molecule has 0 aliphatic heterocycles. The van der Waals surface area contributed by atoms with Crippen LogP contribution in [-0.2, 0) is 28.6 Å². The summed E-state index contributed by atoms with van der Waals surface area (Å²) >= 11 is 0. The smallest absolute Gasteiger partial charge is 0.306 e. The molecule has 0 aromatic heterocycles. The summed E-state index contributed by atoms with van der Waals surface area (Å²) in [5.41, 5.74) is 0. The molecule has 0 heterocycles. The van der Waals surface area contributed by atoms with Crippen molar-refractivity contribution >= 4 is 17.9 Å². The van der Waals surface area contributed by atoms with Gasteiger partial charge in [-0.3, -0.25) is 14.4 Å². The van der Waals surface area contributed by atoms with Crippen LogP contribution >= 0.6 is 0 Å². The Morgan fingerprint density at radius 1 is 0.253 bits per heavy atom. The fourth-order valence-electron chi connectivity index (χ4n) is 11.0. The monoisotopic (exact) mass is 1160 g/mol. The molecule has 0 radical (unpaired) electrons. The molecule has 0 aromatic carbocycles. The number of hydrogen-bond acceptors (Lipinski definition) is 6. The van der Waals surface area contributed by atoms with Crippen molar-refractivity contribution in [2.24, 2.45) is 0 Å². The molecule has 0 fully saturated rings. The normalized spacial score (nSPS) is 12.4. The topological polar surface area (TPSA) is 78.9 Å². The predicted octanol–water partition coefficient (Wildman–Crippen LogP) is 25.5. The maximum absolute atomic E-state index is 12.9. The Morgan fingerprint density at radius 2 is 0.494 bits per heavy atom. The van der Waals surface area contributed by atoms with Crippen molar-refractivity contribution in [3.8, 4) is 0 Å². The van der Waals surface area contributed by atoms with Gasteiger partial charge in [-0.15, -0.1) is 0 Å². The van der Waals surface area contributed by atoms with E-state index in [0.29, 0.717) is 19.3 Å². The zero-order chi connectivity index (χ0) is 59.9. The van der Waals surface area contributed by atoms with Crippen molar-refractivity contribution in [3.63, 3.8) is 0 Å². The van der Waals surface area contributed by atoms with Crippen LogP contribution in [0.2, 0.25) is 0 Å². The first-order valence-corrected chi connectivity index (χ1v) is 36.8. The predicted molar refractivity (Wildman–Crippen MR) is 362 cm³/mol. The lowest BCUT2D eigenvalue weighted by Crippen LogP contribution is -2.30. The number of allylic oxidation sites excluding steroid dienone is 10. The van der Waals surface area contributed by atoms with Crippen LogP contribution in [0.5, 0.6) is 0 Å². The van der Waals surface area contributed by atoms with Crippen LogP contribution in [-0.4, -0.2) is 37.2 Å². The first-order valence-electron chi connectivity index (χ1n) is 36.8. The van der Waals surface area contributed by atoms with Gasteiger partial charge in [0.05, 0.1) is 0 Å². The van der Waals surface area contributed by atoms with Crippen LogP contribution in [0.3, 0.4) is 0 Å². The molecule has 0 aliphatic rings. The first-order chi connectivity index (χ1) is 41.0. The lowest BCUT2D eigenvalue weighted by molar-refractivity contribution is -0.166. The average Bonchev–Trinajstić information content (AvgIpc) is 3.49. The number of unbranched alkanes of at least 4 members (excludes halogenated alkanes) is 47. The van der Waals surface area contributed by atoms with Gasteiger partial charge < -0.3 is 14.2 Å². The van der Waals surface area contributed by atoms with Gasteiger partial charge in [-0.25, -0.2) is 0 Å². The summed E-state index contributed by atoms with van der Waals surface area (Å²) in [6, 6.07) is 0. The summed E-state index contributed by atoms with van der Waals surface area (Å²) in [4.78, 5) is 38.4. The second-order valence-corrected chi connectivity index (χ2v) is 24.8. The van der Waals surface area contributed by atoms with Gasteiger partial charge in [0.25, 0.3) is 0 Å². The van der Waals surface area contributed by atoms with Crippen LogP contribution in [0, 0.1) is 0 Å². The van der Waals surface area contributed by atoms with Gasteiger partial charge in [0, 0.05) is 19.3 Å². The van der Waals surface area contributed by atoms with Gasteiger partial charge in [-0.05, 0) is 70.6 Å². The highest BCUT2D eigenvalue weighted by atomic mass is 16.6. The molecule has 0 amide bonds. The molecule has 0 spiro atoms. The third-order valence-electron chi connectivity index (χ3n) is 16.5. The minimum Gasteiger partial charge on any atom is -0.462 e. The molecule has 484 valence electrons. The van der Waals surface area contributed by atoms with Crippen molar-refractivity contribution < 1.29 is 28.6 Å². The van der Waals surface area contributed by atoms with Crippen molar-refractivity contribution in [1.29, 1.82) is 0 Å². The quantitative estimate of drug-likeness (QED) is 0.0261. The van der Waals surface area contributed by atoms with E-state index in [0.717, 1.165) is 64.2 Å². The van der Waals surface area contributed by atoms with E-state index in [1.165, 1.54) is 283 Å². The summed E-state index contributed by atoms with van der Waals surface area (Å²) in [7, 11) is 0. The molecule has 0 saturated carbocycles. The lowest BCUT2D eigenvalue weighted by atomic mass is 10.0. The van der Waals surface area contributed by atoms with Crippen LogP contribution in [0.4, 0.5) is 0 Å². The van der Waals surface area contributed by atoms with E-state index in [9.17, 15) is 14.4 Å². The molecule has 0 bridgehead atoms. The molecule has 6 nitrogen and oxygen atoms in total. The van der Waals surface area contributed by atoms with Gasteiger partial charge in [0.1, 0.15) is 13.2 Å². The minimum atomic E-state index is -0.801. The molecule has 0 rings (SSSR count). The Bertz CT molecular complexity index is 1470. The Morgan fingerprint density at radius 3 is 0.807 bits per heavy atom. The average molecular weight is 1160 g/mol. The Labute approximate surface area is 517 Å². The SMILES string of the molecule is CC/C=C\C/C=C\C/C=C\C/C=C\CCC(=O)OCC(COC(=O)CCCCCCCCCCCCCCCCCCCCCCC/C=C\CCCCCCCCCC)OC(=O)CCCCCCCCCCCCCCCCCCCCC. The fourth-order valence-corrected chi connectivity index (χ4v) is 11.0. The summed E-state index contributed by atoms with van der Waals surface area (Å²) in [5, 5.41) is 0. The third kappa shape index (κ3) is 69.8. The minimum absolute atomic E-state index is 0.0910. The summed E-state index contributed by atoms with van der Waals surface area (Å²) in [6.45, 7) is 6.53. The number of carbonyl (C=O) groups is 3. The summed E-state index contributed by atoms with van der Waals surface area (Å²) in [6.07, 6.45) is 93.0. The number of hydrogen-bond donors (Lipinski definition) is 0. The second-order valence-electron chi connectivity index (χ2n) is 24.8. The van der Waals surface area contributed by atoms with Crippen molar-refractivity contribution in [2.45, 2.75) is 399 Å². The van der Waals surface area contributed by atoms with E-state index in [2.05, 4.69) is 75.5 Å². The van der Waals surface area contributed by atoms with E-state index in [4.69, 9.17) is 14.2 Å². The van der Waals surface area contributed by atoms with Gasteiger partial charge in [-0.1, -0.05) is 364 Å². The van der Waals surface area contributed by atoms with Gasteiger partial charge in [-0.2, -0.15) is 0 Å². The van der Waals surface area contributed by atoms with E-state index in [1.807, 2.05) is 6.08 Å². The maximum atomic E-state index is 12.9. The largest absolute Gasteiger partial charge is 0.462 e. The van der Waals surface area contributed by atoms with Gasteiger partial charge >= 0.3 is 17.9 Å². The Balaban J connectivity index is 4.15. The van der Waals surface area contributed by atoms with E-state index in [-0.39, 0.29) is 37.5 Å². The number of esters is 3. The molecule has 0 aliphatic carbocycles.